The Morgan fingerprint density at radius 2 is 1.47 bits per heavy atom. The minimum atomic E-state index is -2.11. The summed E-state index contributed by atoms with van der Waals surface area (Å²) in [6.07, 6.45) is 3.76. The molecule has 0 saturated heterocycles. The van der Waals surface area contributed by atoms with Crippen molar-refractivity contribution in [3.63, 3.8) is 0 Å². The Kier molecular flexibility index (Phi) is 6.72. The van der Waals surface area contributed by atoms with Crippen LogP contribution in [0, 0.1) is 0 Å². The van der Waals surface area contributed by atoms with Crippen LogP contribution in [0.2, 0.25) is 27.5 Å². The van der Waals surface area contributed by atoms with Crippen molar-refractivity contribution >= 4 is 28.7 Å². The zero-order chi connectivity index (χ0) is 14.5. The van der Waals surface area contributed by atoms with Crippen LogP contribution in [-0.4, -0.2) is 25.1 Å². The zero-order valence-corrected chi connectivity index (χ0v) is 16.4. The first-order valence-corrected chi connectivity index (χ1v) is 17.7. The van der Waals surface area contributed by atoms with Gasteiger partial charge in [0.05, 0.1) is 0 Å². The van der Waals surface area contributed by atoms with Gasteiger partial charge in [-0.3, -0.25) is 0 Å². The predicted octanol–water partition coefficient (Wildman–Crippen LogP) is 5.80. The zero-order valence-electron chi connectivity index (χ0n) is 13.6. The molecule has 0 amide bonds. The Morgan fingerprint density at radius 1 is 0.947 bits per heavy atom. The van der Waals surface area contributed by atoms with E-state index >= 15 is 0 Å². The molecule has 0 aliphatic rings. The molecule has 0 nitrogen and oxygen atoms in total. The third-order valence-corrected chi connectivity index (χ3v) is 10.0. The molecule has 0 aliphatic carbocycles. The van der Waals surface area contributed by atoms with E-state index in [9.17, 15) is 0 Å². The molecule has 0 bridgehead atoms. The van der Waals surface area contributed by atoms with Crippen molar-refractivity contribution in [1.29, 1.82) is 0 Å². The van der Waals surface area contributed by atoms with Gasteiger partial charge in [-0.15, -0.1) is 0 Å². The number of allylic oxidation sites excluding steroid dienone is 1. The van der Waals surface area contributed by atoms with Gasteiger partial charge in [-0.25, -0.2) is 0 Å². The van der Waals surface area contributed by atoms with Gasteiger partial charge in [0.15, 0.2) is 0 Å². The Labute approximate surface area is 124 Å². The summed E-state index contributed by atoms with van der Waals surface area (Å²) in [4.78, 5) is 7.65. The molecular weight excluding hydrogens is 334 g/mol. The molecule has 19 heavy (non-hydrogen) atoms. The van der Waals surface area contributed by atoms with E-state index in [1.54, 1.807) is 9.06 Å². The summed E-state index contributed by atoms with van der Waals surface area (Å²) < 4.78 is 1.77. The third kappa shape index (κ3) is 4.41. The second-order valence-electron chi connectivity index (χ2n) is 6.38. The summed E-state index contributed by atoms with van der Waals surface area (Å²) in [5.41, 5.74) is 3.24. The second kappa shape index (κ2) is 7.56. The summed E-state index contributed by atoms with van der Waals surface area (Å²) in [5, 5.41) is 0. The Bertz CT molecular complexity index is 411. The van der Waals surface area contributed by atoms with Crippen molar-refractivity contribution in [2.45, 2.75) is 54.7 Å². The molecule has 0 heterocycles. The molecule has 0 unspecified atom stereocenters. The van der Waals surface area contributed by atoms with Gasteiger partial charge in [-0.05, 0) is 0 Å². The Hall–Kier alpha value is -0.176. The van der Waals surface area contributed by atoms with Crippen molar-refractivity contribution in [1.82, 2.24) is 0 Å². The molecule has 0 saturated carbocycles. The molecule has 0 radical (unpaired) electrons. The van der Waals surface area contributed by atoms with Crippen LogP contribution in [0.3, 0.4) is 0 Å². The van der Waals surface area contributed by atoms with Gasteiger partial charge < -0.3 is 0 Å². The van der Waals surface area contributed by atoms with Crippen molar-refractivity contribution in [3.8, 4) is 0 Å². The summed E-state index contributed by atoms with van der Waals surface area (Å²) >= 11 is -2.11. The van der Waals surface area contributed by atoms with E-state index in [1.807, 2.05) is 0 Å². The van der Waals surface area contributed by atoms with Crippen molar-refractivity contribution in [2.75, 3.05) is 0 Å². The molecule has 104 valence electrons. The summed E-state index contributed by atoms with van der Waals surface area (Å²) in [7, 11) is 0. The quantitative estimate of drug-likeness (QED) is 0.561. The van der Waals surface area contributed by atoms with Crippen LogP contribution in [0.5, 0.6) is 0 Å². The third-order valence-electron chi connectivity index (χ3n) is 3.99. The molecule has 0 fully saturated rings. The van der Waals surface area contributed by atoms with Crippen LogP contribution in [0.15, 0.2) is 35.8 Å². The molecular formula is C17H29BSn. The summed E-state index contributed by atoms with van der Waals surface area (Å²) in [6.45, 7) is 7.79. The normalized spacial score (nSPS) is 13.2. The van der Waals surface area contributed by atoms with Crippen LogP contribution in [0.25, 0.3) is 3.59 Å². The predicted molar refractivity (Wildman–Crippen MR) is 93.7 cm³/mol. The molecule has 0 atom stereocenters. The van der Waals surface area contributed by atoms with Gasteiger partial charge in [0.2, 0.25) is 0 Å². The van der Waals surface area contributed by atoms with E-state index in [0.29, 0.717) is 0 Å². The average Bonchev–Trinajstić information content (AvgIpc) is 2.38. The van der Waals surface area contributed by atoms with E-state index in [0.717, 1.165) is 6.71 Å². The van der Waals surface area contributed by atoms with Crippen molar-refractivity contribution < 1.29 is 0 Å². The monoisotopic (exact) mass is 364 g/mol. The van der Waals surface area contributed by atoms with E-state index in [-0.39, 0.29) is 0 Å². The summed E-state index contributed by atoms with van der Waals surface area (Å²) in [5.74, 6) is 0. The van der Waals surface area contributed by atoms with Crippen LogP contribution in [0.4, 0.5) is 0 Å². The first-order chi connectivity index (χ1) is 8.95. The van der Waals surface area contributed by atoms with Gasteiger partial charge in [-0.2, -0.15) is 0 Å². The van der Waals surface area contributed by atoms with Crippen LogP contribution >= 0.6 is 0 Å². The molecule has 0 aromatic heterocycles. The number of benzene rings is 1. The van der Waals surface area contributed by atoms with Crippen LogP contribution in [-0.2, 0) is 0 Å². The molecule has 0 aliphatic heterocycles. The molecule has 1 rings (SSSR count). The molecule has 2 heteroatoms. The molecule has 1 aromatic carbocycles. The maximum atomic E-state index is 2.55. The summed E-state index contributed by atoms with van der Waals surface area (Å²) in [6, 6.07) is 11.1. The van der Waals surface area contributed by atoms with E-state index < -0.39 is 18.4 Å². The number of hydrogen-bond donors (Lipinski definition) is 0. The van der Waals surface area contributed by atoms with Gasteiger partial charge in [0.25, 0.3) is 0 Å². The number of rotatable bonds is 6. The molecule has 0 spiro atoms. The number of hydrogen-bond acceptors (Lipinski definition) is 0. The van der Waals surface area contributed by atoms with E-state index in [1.165, 1.54) is 24.6 Å². The second-order valence-corrected chi connectivity index (χ2v) is 20.7. The topological polar surface area (TPSA) is 0 Å². The Balaban J connectivity index is 3.45. The van der Waals surface area contributed by atoms with Crippen LogP contribution < -0.4 is 0 Å². The van der Waals surface area contributed by atoms with Gasteiger partial charge in [0, 0.05) is 0 Å². The van der Waals surface area contributed by atoms with Crippen molar-refractivity contribution in [3.05, 3.63) is 41.4 Å². The fraction of sp³-hybridized carbons (Fsp3) is 0.529. The fourth-order valence-corrected chi connectivity index (χ4v) is 9.94. The maximum absolute atomic E-state index is 2.55. The molecule has 0 N–H and O–H groups in total. The first-order valence-electron chi connectivity index (χ1n) is 7.74. The minimum absolute atomic E-state index is 0.774. The Morgan fingerprint density at radius 3 is 1.84 bits per heavy atom. The van der Waals surface area contributed by atoms with Crippen molar-refractivity contribution in [2.24, 2.45) is 0 Å². The SMILES string of the molecule is CCB(CC)/C(CC)=[C](/c1ccccc1)[Sn]([CH3])([CH3])[CH3]. The van der Waals surface area contributed by atoms with E-state index in [4.69, 9.17) is 0 Å². The van der Waals surface area contributed by atoms with Gasteiger partial charge in [-0.1, -0.05) is 0 Å². The van der Waals surface area contributed by atoms with Gasteiger partial charge >= 0.3 is 125 Å². The fourth-order valence-electron chi connectivity index (χ4n) is 3.16. The molecule has 1 aromatic rings. The van der Waals surface area contributed by atoms with Crippen LogP contribution in [0.1, 0.15) is 32.8 Å². The average molecular weight is 363 g/mol. The van der Waals surface area contributed by atoms with Gasteiger partial charge in [0.1, 0.15) is 0 Å². The first kappa shape index (κ1) is 16.9. The van der Waals surface area contributed by atoms with E-state index in [2.05, 4.69) is 65.9 Å². The standard InChI is InChI=1S/C14H20B.3CH3.Sn/c1-4-14(15(5-2)6-3)12-13-10-8-7-9-11-13;;;;/h7-11H,4-6H2,1-3H3;3*1H3;.